The highest BCUT2D eigenvalue weighted by Gasteiger charge is 2.28. The largest absolute Gasteiger partial charge is 0.352 e. The first-order valence-electron chi connectivity index (χ1n) is 10.8. The summed E-state index contributed by atoms with van der Waals surface area (Å²) >= 11 is 3.46. The first-order chi connectivity index (χ1) is 14.4. The molecule has 2 aromatic rings. The Morgan fingerprint density at radius 1 is 1.07 bits per heavy atom. The van der Waals surface area contributed by atoms with Crippen LogP contribution in [0.15, 0.2) is 53.0 Å². The molecule has 0 bridgehead atoms. The molecular weight excluding hydrogens is 440 g/mol. The third-order valence-corrected chi connectivity index (χ3v) is 6.52. The zero-order valence-electron chi connectivity index (χ0n) is 17.9. The Labute approximate surface area is 188 Å². The number of amides is 2. The Kier molecular flexibility index (Phi) is 8.08. The van der Waals surface area contributed by atoms with E-state index >= 15 is 0 Å². The molecule has 1 atom stereocenters. The number of hydrogen-bond acceptors (Lipinski definition) is 2. The summed E-state index contributed by atoms with van der Waals surface area (Å²) in [5.74, 6) is -0.0874. The summed E-state index contributed by atoms with van der Waals surface area (Å²) in [7, 11) is 0. The summed E-state index contributed by atoms with van der Waals surface area (Å²) in [4.78, 5) is 28.0. The maximum Gasteiger partial charge on any atom is 0.242 e. The van der Waals surface area contributed by atoms with Crippen LogP contribution in [0.1, 0.15) is 55.7 Å². The molecule has 1 saturated carbocycles. The standard InChI is InChI=1S/C25H31BrN2O2/c1-18-8-6-7-9-21(18)16-24(29)28(17-20-12-14-22(26)15-13-20)19(2)25(30)27-23-10-4-3-5-11-23/h6-9,12-15,19,23H,3-5,10-11,16-17H2,1-2H3,(H,27,30). The van der Waals surface area contributed by atoms with Crippen molar-refractivity contribution in [3.63, 3.8) is 0 Å². The van der Waals surface area contributed by atoms with Crippen LogP contribution >= 0.6 is 15.9 Å². The molecule has 1 aliphatic rings. The van der Waals surface area contributed by atoms with Gasteiger partial charge in [-0.15, -0.1) is 0 Å². The van der Waals surface area contributed by atoms with Gasteiger partial charge in [-0.05, 0) is 55.5 Å². The van der Waals surface area contributed by atoms with E-state index in [0.29, 0.717) is 13.0 Å². The molecule has 3 rings (SSSR count). The van der Waals surface area contributed by atoms with Crippen molar-refractivity contribution in [2.45, 2.75) is 71.0 Å². The topological polar surface area (TPSA) is 49.4 Å². The molecule has 4 nitrogen and oxygen atoms in total. The maximum atomic E-state index is 13.3. The van der Waals surface area contributed by atoms with Crippen LogP contribution in [0.4, 0.5) is 0 Å². The predicted molar refractivity (Wildman–Crippen MR) is 124 cm³/mol. The number of carbonyl (C=O) groups is 2. The monoisotopic (exact) mass is 470 g/mol. The summed E-state index contributed by atoms with van der Waals surface area (Å²) in [5, 5.41) is 3.18. The molecule has 30 heavy (non-hydrogen) atoms. The highest BCUT2D eigenvalue weighted by molar-refractivity contribution is 9.10. The summed E-state index contributed by atoms with van der Waals surface area (Å²) in [6.07, 6.45) is 5.92. The molecule has 160 valence electrons. The molecule has 0 aromatic heterocycles. The van der Waals surface area contributed by atoms with Crippen molar-refractivity contribution in [1.82, 2.24) is 10.2 Å². The Balaban J connectivity index is 1.76. The number of carbonyl (C=O) groups excluding carboxylic acids is 2. The van der Waals surface area contributed by atoms with E-state index in [9.17, 15) is 9.59 Å². The lowest BCUT2D eigenvalue weighted by Crippen LogP contribution is -2.50. The zero-order valence-corrected chi connectivity index (χ0v) is 19.5. The molecule has 1 aliphatic carbocycles. The van der Waals surface area contributed by atoms with Crippen LogP contribution in [0.2, 0.25) is 0 Å². The highest BCUT2D eigenvalue weighted by atomic mass is 79.9. The predicted octanol–water partition coefficient (Wildman–Crippen LogP) is 5.17. The Morgan fingerprint density at radius 3 is 2.40 bits per heavy atom. The molecule has 1 fully saturated rings. The van der Waals surface area contributed by atoms with Gasteiger partial charge >= 0.3 is 0 Å². The lowest BCUT2D eigenvalue weighted by atomic mass is 9.95. The summed E-state index contributed by atoms with van der Waals surface area (Å²) in [5.41, 5.74) is 3.10. The second kappa shape index (κ2) is 10.8. The number of aryl methyl sites for hydroxylation is 1. The van der Waals surface area contributed by atoms with Crippen LogP contribution in [0.25, 0.3) is 0 Å². The van der Waals surface area contributed by atoms with Gasteiger partial charge < -0.3 is 10.2 Å². The molecule has 2 amide bonds. The molecule has 0 saturated heterocycles. The first-order valence-corrected chi connectivity index (χ1v) is 11.6. The number of benzene rings is 2. The second-order valence-electron chi connectivity index (χ2n) is 8.27. The van der Waals surface area contributed by atoms with Crippen LogP contribution in [0.5, 0.6) is 0 Å². The molecule has 0 aliphatic heterocycles. The first kappa shape index (κ1) is 22.5. The molecule has 0 heterocycles. The van der Waals surface area contributed by atoms with E-state index < -0.39 is 6.04 Å². The van der Waals surface area contributed by atoms with Crippen molar-refractivity contribution in [1.29, 1.82) is 0 Å². The lowest BCUT2D eigenvalue weighted by molar-refractivity contribution is -0.140. The third kappa shape index (κ3) is 6.18. The molecule has 2 aromatic carbocycles. The van der Waals surface area contributed by atoms with Crippen molar-refractivity contribution < 1.29 is 9.59 Å². The van der Waals surface area contributed by atoms with Crippen LogP contribution in [0, 0.1) is 6.92 Å². The van der Waals surface area contributed by atoms with Crippen molar-refractivity contribution >= 4 is 27.7 Å². The fraction of sp³-hybridized carbons (Fsp3) is 0.440. The van der Waals surface area contributed by atoms with Gasteiger partial charge in [0.2, 0.25) is 11.8 Å². The van der Waals surface area contributed by atoms with Gasteiger partial charge in [-0.1, -0.05) is 71.6 Å². The maximum absolute atomic E-state index is 13.3. The molecule has 1 unspecified atom stereocenters. The smallest absolute Gasteiger partial charge is 0.242 e. The van der Waals surface area contributed by atoms with E-state index in [-0.39, 0.29) is 17.9 Å². The summed E-state index contributed by atoms with van der Waals surface area (Å²) < 4.78 is 0.993. The zero-order chi connectivity index (χ0) is 21.5. The SMILES string of the molecule is Cc1ccccc1CC(=O)N(Cc1ccc(Br)cc1)C(C)C(=O)NC1CCCCC1. The van der Waals surface area contributed by atoms with E-state index in [1.807, 2.05) is 62.4 Å². The highest BCUT2D eigenvalue weighted by Crippen LogP contribution is 2.19. The van der Waals surface area contributed by atoms with Gasteiger partial charge in [0.05, 0.1) is 6.42 Å². The Morgan fingerprint density at radius 2 is 1.73 bits per heavy atom. The lowest BCUT2D eigenvalue weighted by Gasteiger charge is -2.31. The van der Waals surface area contributed by atoms with E-state index in [4.69, 9.17) is 0 Å². The molecule has 0 radical (unpaired) electrons. The number of halogens is 1. The second-order valence-corrected chi connectivity index (χ2v) is 9.19. The molecular formula is C25H31BrN2O2. The Hall–Kier alpha value is -2.14. The average Bonchev–Trinajstić information content (AvgIpc) is 2.75. The van der Waals surface area contributed by atoms with Crippen molar-refractivity contribution in [2.24, 2.45) is 0 Å². The molecule has 5 heteroatoms. The summed E-state index contributed by atoms with van der Waals surface area (Å²) in [6, 6.07) is 15.5. The molecule has 0 spiro atoms. The van der Waals surface area contributed by atoms with Crippen molar-refractivity contribution in [2.75, 3.05) is 0 Å². The van der Waals surface area contributed by atoms with Crippen LogP contribution in [-0.2, 0) is 22.6 Å². The van der Waals surface area contributed by atoms with Crippen molar-refractivity contribution in [3.05, 3.63) is 69.7 Å². The number of nitrogens with one attached hydrogen (secondary N) is 1. The minimum Gasteiger partial charge on any atom is -0.352 e. The van der Waals surface area contributed by atoms with E-state index in [2.05, 4.69) is 21.2 Å². The minimum atomic E-state index is -0.521. The van der Waals surface area contributed by atoms with Crippen LogP contribution < -0.4 is 5.32 Å². The van der Waals surface area contributed by atoms with Gasteiger partial charge in [-0.25, -0.2) is 0 Å². The fourth-order valence-electron chi connectivity index (χ4n) is 4.01. The van der Waals surface area contributed by atoms with E-state index in [1.54, 1.807) is 4.90 Å². The van der Waals surface area contributed by atoms with Crippen molar-refractivity contribution in [3.8, 4) is 0 Å². The number of nitrogens with zero attached hydrogens (tertiary/aromatic N) is 1. The normalized spacial score (nSPS) is 15.4. The number of rotatable bonds is 7. The summed E-state index contributed by atoms with van der Waals surface area (Å²) in [6.45, 7) is 4.27. The van der Waals surface area contributed by atoms with Gasteiger partial charge in [0.15, 0.2) is 0 Å². The quantitative estimate of drug-likeness (QED) is 0.606. The molecule has 1 N–H and O–H groups in total. The minimum absolute atomic E-state index is 0.0292. The van der Waals surface area contributed by atoms with Gasteiger partial charge in [0, 0.05) is 17.1 Å². The average molecular weight is 471 g/mol. The Bertz CT molecular complexity index is 860. The van der Waals surface area contributed by atoms with E-state index in [1.165, 1.54) is 6.42 Å². The van der Waals surface area contributed by atoms with Crippen LogP contribution in [-0.4, -0.2) is 28.8 Å². The third-order valence-electron chi connectivity index (χ3n) is 5.99. The van der Waals surface area contributed by atoms with Crippen LogP contribution in [0.3, 0.4) is 0 Å². The van der Waals surface area contributed by atoms with E-state index in [0.717, 1.165) is 46.8 Å². The fourth-order valence-corrected chi connectivity index (χ4v) is 4.28. The van der Waals surface area contributed by atoms with Gasteiger partial charge in [-0.2, -0.15) is 0 Å². The van der Waals surface area contributed by atoms with Gasteiger partial charge in [0.25, 0.3) is 0 Å². The van der Waals surface area contributed by atoms with Gasteiger partial charge in [0.1, 0.15) is 6.04 Å². The number of hydrogen-bond donors (Lipinski definition) is 1. The van der Waals surface area contributed by atoms with Gasteiger partial charge in [-0.3, -0.25) is 9.59 Å².